The van der Waals surface area contributed by atoms with Gasteiger partial charge in [0.05, 0.1) is 13.2 Å². The van der Waals surface area contributed by atoms with Crippen LogP contribution in [0.2, 0.25) is 0 Å². The van der Waals surface area contributed by atoms with Gasteiger partial charge in [-0.25, -0.2) is 4.79 Å². The maximum Gasteiger partial charge on any atom is 0.331 e. The van der Waals surface area contributed by atoms with Gasteiger partial charge in [-0.3, -0.25) is 5.32 Å². The van der Waals surface area contributed by atoms with Gasteiger partial charge < -0.3 is 9.47 Å². The summed E-state index contributed by atoms with van der Waals surface area (Å²) in [6, 6.07) is 8.18. The summed E-state index contributed by atoms with van der Waals surface area (Å²) in [5, 5.41) is 3.54. The molecule has 0 spiro atoms. The highest BCUT2D eigenvalue weighted by Crippen LogP contribution is 2.43. The molecule has 3 rings (SSSR count). The van der Waals surface area contributed by atoms with Gasteiger partial charge in [-0.1, -0.05) is 25.1 Å². The molecular formula is C16H21NO3. The summed E-state index contributed by atoms with van der Waals surface area (Å²) in [6.45, 7) is 4.80. The second-order valence-electron chi connectivity index (χ2n) is 5.66. The van der Waals surface area contributed by atoms with Gasteiger partial charge in [-0.15, -0.1) is 0 Å². The maximum absolute atomic E-state index is 12.7. The van der Waals surface area contributed by atoms with Gasteiger partial charge in [-0.05, 0) is 25.8 Å². The molecule has 1 aliphatic heterocycles. The van der Waals surface area contributed by atoms with Crippen molar-refractivity contribution in [1.29, 1.82) is 0 Å². The standard InChI is InChI=1S/C16H21NO3/c1-3-19-15(18)16(17-12-8-9-12)11(2)10-20-14-7-5-4-6-13(14)16/h4-7,11-12,17H,3,8-10H2,1-2H3. The van der Waals surface area contributed by atoms with Crippen molar-refractivity contribution in [3.8, 4) is 5.75 Å². The minimum absolute atomic E-state index is 0.0389. The lowest BCUT2D eigenvalue weighted by atomic mass is 9.77. The lowest BCUT2D eigenvalue weighted by Gasteiger charge is -2.42. The highest BCUT2D eigenvalue weighted by atomic mass is 16.5. The number of esters is 1. The van der Waals surface area contributed by atoms with Crippen molar-refractivity contribution in [1.82, 2.24) is 5.32 Å². The van der Waals surface area contributed by atoms with Crippen molar-refractivity contribution in [2.45, 2.75) is 38.3 Å². The van der Waals surface area contributed by atoms with Crippen LogP contribution in [0.15, 0.2) is 24.3 Å². The maximum atomic E-state index is 12.7. The van der Waals surface area contributed by atoms with E-state index in [0.717, 1.165) is 24.2 Å². The summed E-state index contributed by atoms with van der Waals surface area (Å²) in [5.41, 5.74) is 0.135. The summed E-state index contributed by atoms with van der Waals surface area (Å²) in [6.07, 6.45) is 2.24. The van der Waals surface area contributed by atoms with Gasteiger partial charge in [0.1, 0.15) is 5.75 Å². The van der Waals surface area contributed by atoms with Crippen molar-refractivity contribution in [3.63, 3.8) is 0 Å². The Morgan fingerprint density at radius 3 is 2.90 bits per heavy atom. The molecule has 1 aliphatic carbocycles. The van der Waals surface area contributed by atoms with E-state index < -0.39 is 5.54 Å². The molecule has 0 radical (unpaired) electrons. The molecule has 2 unspecified atom stereocenters. The Balaban J connectivity index is 2.08. The Labute approximate surface area is 119 Å². The minimum atomic E-state index is -0.772. The predicted molar refractivity (Wildman–Crippen MR) is 75.6 cm³/mol. The van der Waals surface area contributed by atoms with Crippen LogP contribution in [0, 0.1) is 5.92 Å². The zero-order chi connectivity index (χ0) is 14.2. The normalized spacial score (nSPS) is 28.4. The Bertz CT molecular complexity index is 512. The molecule has 1 saturated carbocycles. The second-order valence-corrected chi connectivity index (χ2v) is 5.66. The molecule has 1 heterocycles. The summed E-state index contributed by atoms with van der Waals surface area (Å²) in [4.78, 5) is 12.7. The van der Waals surface area contributed by atoms with E-state index in [1.165, 1.54) is 0 Å². The van der Waals surface area contributed by atoms with E-state index in [2.05, 4.69) is 5.32 Å². The molecule has 108 valence electrons. The van der Waals surface area contributed by atoms with Crippen LogP contribution in [0.25, 0.3) is 0 Å². The van der Waals surface area contributed by atoms with E-state index in [-0.39, 0.29) is 11.9 Å². The van der Waals surface area contributed by atoms with Crippen LogP contribution < -0.4 is 10.1 Å². The SMILES string of the molecule is CCOC(=O)C1(NC2CC2)c2ccccc2OCC1C. The molecule has 0 aromatic heterocycles. The van der Waals surface area contributed by atoms with Crippen LogP contribution >= 0.6 is 0 Å². The zero-order valence-electron chi connectivity index (χ0n) is 12.0. The largest absolute Gasteiger partial charge is 0.493 e. The molecule has 1 fully saturated rings. The van der Waals surface area contributed by atoms with E-state index in [0.29, 0.717) is 19.3 Å². The molecule has 2 aliphatic rings. The molecule has 0 amide bonds. The molecule has 4 heteroatoms. The van der Waals surface area contributed by atoms with E-state index in [9.17, 15) is 4.79 Å². The third-order valence-electron chi connectivity index (χ3n) is 4.15. The van der Waals surface area contributed by atoms with Crippen LogP contribution in [0.5, 0.6) is 5.75 Å². The summed E-state index contributed by atoms with van der Waals surface area (Å²) in [7, 11) is 0. The number of nitrogens with one attached hydrogen (secondary N) is 1. The Morgan fingerprint density at radius 2 is 2.20 bits per heavy atom. The average molecular weight is 275 g/mol. The molecule has 2 atom stereocenters. The molecule has 0 bridgehead atoms. The van der Waals surface area contributed by atoms with Crippen LogP contribution in [-0.4, -0.2) is 25.2 Å². The summed E-state index contributed by atoms with van der Waals surface area (Å²) >= 11 is 0. The number of ether oxygens (including phenoxy) is 2. The third kappa shape index (κ3) is 2.08. The fourth-order valence-electron chi connectivity index (χ4n) is 2.91. The highest BCUT2D eigenvalue weighted by molar-refractivity contribution is 5.84. The first-order valence-corrected chi connectivity index (χ1v) is 7.35. The number of benzene rings is 1. The number of para-hydroxylation sites is 1. The molecular weight excluding hydrogens is 254 g/mol. The number of hydrogen-bond donors (Lipinski definition) is 1. The van der Waals surface area contributed by atoms with E-state index in [1.807, 2.05) is 38.1 Å². The van der Waals surface area contributed by atoms with Crippen molar-refractivity contribution in [3.05, 3.63) is 29.8 Å². The number of hydrogen-bond acceptors (Lipinski definition) is 4. The summed E-state index contributed by atoms with van der Waals surface area (Å²) in [5.74, 6) is 0.638. The van der Waals surface area contributed by atoms with Gasteiger partial charge >= 0.3 is 5.97 Å². The molecule has 0 saturated heterocycles. The summed E-state index contributed by atoms with van der Waals surface area (Å²) < 4.78 is 11.2. The van der Waals surface area contributed by atoms with Gasteiger partial charge in [-0.2, -0.15) is 0 Å². The second kappa shape index (κ2) is 5.09. The Hall–Kier alpha value is -1.55. The third-order valence-corrected chi connectivity index (χ3v) is 4.15. The van der Waals surface area contributed by atoms with Crippen LogP contribution in [-0.2, 0) is 15.1 Å². The van der Waals surface area contributed by atoms with E-state index in [1.54, 1.807) is 0 Å². The van der Waals surface area contributed by atoms with Crippen LogP contribution in [0.1, 0.15) is 32.3 Å². The van der Waals surface area contributed by atoms with Gasteiger partial charge in [0, 0.05) is 17.5 Å². The number of rotatable bonds is 4. The smallest absolute Gasteiger partial charge is 0.331 e. The zero-order valence-corrected chi connectivity index (χ0v) is 12.0. The topological polar surface area (TPSA) is 47.6 Å². The first-order chi connectivity index (χ1) is 9.68. The molecule has 4 nitrogen and oxygen atoms in total. The van der Waals surface area contributed by atoms with E-state index >= 15 is 0 Å². The average Bonchev–Trinajstić information content (AvgIpc) is 3.26. The fraction of sp³-hybridized carbons (Fsp3) is 0.562. The predicted octanol–water partition coefficient (Wildman–Crippen LogP) is 2.23. The monoisotopic (exact) mass is 275 g/mol. The first kappa shape index (κ1) is 13.4. The Morgan fingerprint density at radius 1 is 1.45 bits per heavy atom. The molecule has 1 N–H and O–H groups in total. The number of carbonyl (C=O) groups excluding carboxylic acids is 1. The van der Waals surface area contributed by atoms with Crippen molar-refractivity contribution >= 4 is 5.97 Å². The highest BCUT2D eigenvalue weighted by Gasteiger charge is 2.52. The first-order valence-electron chi connectivity index (χ1n) is 7.35. The molecule has 1 aromatic carbocycles. The molecule has 1 aromatic rings. The Kier molecular flexibility index (Phi) is 3.42. The molecule has 20 heavy (non-hydrogen) atoms. The van der Waals surface area contributed by atoms with Crippen LogP contribution in [0.4, 0.5) is 0 Å². The van der Waals surface area contributed by atoms with Crippen molar-refractivity contribution in [2.75, 3.05) is 13.2 Å². The fourth-order valence-corrected chi connectivity index (χ4v) is 2.91. The quantitative estimate of drug-likeness (QED) is 0.856. The minimum Gasteiger partial charge on any atom is -0.493 e. The number of fused-ring (bicyclic) bond motifs is 1. The lowest BCUT2D eigenvalue weighted by Crippen LogP contribution is -2.58. The van der Waals surface area contributed by atoms with Gasteiger partial charge in [0.2, 0.25) is 0 Å². The van der Waals surface area contributed by atoms with Crippen LogP contribution in [0.3, 0.4) is 0 Å². The van der Waals surface area contributed by atoms with Crippen molar-refractivity contribution in [2.24, 2.45) is 5.92 Å². The van der Waals surface area contributed by atoms with Gasteiger partial charge in [0.25, 0.3) is 0 Å². The number of carbonyl (C=O) groups is 1. The lowest BCUT2D eigenvalue weighted by molar-refractivity contribution is -0.156. The van der Waals surface area contributed by atoms with Gasteiger partial charge in [0.15, 0.2) is 5.54 Å². The van der Waals surface area contributed by atoms with Crippen molar-refractivity contribution < 1.29 is 14.3 Å². The van der Waals surface area contributed by atoms with E-state index in [4.69, 9.17) is 9.47 Å².